The molecular weight excluding hydrogens is 514 g/mol. The lowest BCUT2D eigenvalue weighted by atomic mass is 10.3. The largest absolute Gasteiger partial charge is 0.453 e. The number of carbonyl (C=O) groups excluding carboxylic acids is 2. The highest BCUT2D eigenvalue weighted by Gasteiger charge is 2.34. The molecule has 4 heterocycles. The van der Waals surface area contributed by atoms with Gasteiger partial charge in [0.05, 0.1) is 21.6 Å². The van der Waals surface area contributed by atoms with E-state index in [1.54, 1.807) is 24.7 Å². The Hall–Kier alpha value is -4.84. The van der Waals surface area contributed by atoms with Gasteiger partial charge in [-0.2, -0.15) is 0 Å². The molecule has 2 N–H and O–H groups in total. The highest BCUT2D eigenvalue weighted by Crippen LogP contribution is 2.39. The molecule has 0 atom stereocenters. The first-order chi connectivity index (χ1) is 18.5. The van der Waals surface area contributed by atoms with E-state index < -0.39 is 23.7 Å². The lowest BCUT2D eigenvalue weighted by Crippen LogP contribution is -2.39. The fraction of sp³-hybridized carbons (Fsp3) is 0.0769. The van der Waals surface area contributed by atoms with E-state index >= 15 is 0 Å². The van der Waals surface area contributed by atoms with Crippen LogP contribution < -0.4 is 15.0 Å². The minimum absolute atomic E-state index is 0.0387. The number of nitrogens with zero attached hydrogens (tertiary/aromatic N) is 4. The number of imide groups is 1. The van der Waals surface area contributed by atoms with Gasteiger partial charge in [0.25, 0.3) is 0 Å². The van der Waals surface area contributed by atoms with E-state index in [1.165, 1.54) is 52.6 Å². The molecule has 1 aliphatic rings. The smallest absolute Gasteiger partial charge is 0.332 e. The third-order valence-corrected chi connectivity index (χ3v) is 7.05. The molecule has 1 saturated heterocycles. The highest BCUT2D eigenvalue weighted by molar-refractivity contribution is 7.22. The number of H-pyrrole nitrogens is 1. The molecule has 4 amide bonds. The van der Waals surface area contributed by atoms with Gasteiger partial charge >= 0.3 is 12.1 Å². The zero-order chi connectivity index (χ0) is 26.2. The zero-order valence-electron chi connectivity index (χ0n) is 19.5. The average Bonchev–Trinajstić information content (AvgIpc) is 3.66. The first-order valence-electron chi connectivity index (χ1n) is 11.5. The number of aromatic nitrogens is 3. The summed E-state index contributed by atoms with van der Waals surface area (Å²) in [5, 5.41) is 2.54. The number of rotatable bonds is 5. The standard InChI is InChI=1S/C26H18F2N6O3S/c27-15-1-4-17(5-2-15)33-11-12-34(26(33)36)25(35)32-16-3-6-20(18(28)13-16)37-21-7-8-29-19-14-22(38-23(19)21)24-30-9-10-31-24/h1-10,13-14H,11-12H2,(H,30,31)(H,32,35). The van der Waals surface area contributed by atoms with Gasteiger partial charge in [0, 0.05) is 48.6 Å². The number of thiophene rings is 1. The van der Waals surface area contributed by atoms with Crippen molar-refractivity contribution in [3.63, 3.8) is 0 Å². The third-order valence-electron chi connectivity index (χ3n) is 5.90. The van der Waals surface area contributed by atoms with Crippen molar-refractivity contribution in [2.45, 2.75) is 0 Å². The normalized spacial score (nSPS) is 13.4. The van der Waals surface area contributed by atoms with Crippen LogP contribution in [0.15, 0.2) is 73.2 Å². The minimum atomic E-state index is -0.701. The highest BCUT2D eigenvalue weighted by atomic mass is 32.1. The van der Waals surface area contributed by atoms with Crippen LogP contribution in [0.3, 0.4) is 0 Å². The van der Waals surface area contributed by atoms with Crippen molar-refractivity contribution in [3.8, 4) is 22.2 Å². The Morgan fingerprint density at radius 3 is 2.61 bits per heavy atom. The molecule has 0 unspecified atom stereocenters. The number of fused-ring (bicyclic) bond motifs is 1. The lowest BCUT2D eigenvalue weighted by Gasteiger charge is -2.18. The van der Waals surface area contributed by atoms with E-state index in [-0.39, 0.29) is 24.5 Å². The summed E-state index contributed by atoms with van der Waals surface area (Å²) in [7, 11) is 0. The first kappa shape index (κ1) is 23.6. The van der Waals surface area contributed by atoms with Gasteiger partial charge in [-0.25, -0.2) is 28.3 Å². The number of urea groups is 2. The van der Waals surface area contributed by atoms with Crippen LogP contribution in [-0.4, -0.2) is 45.0 Å². The molecule has 3 aromatic heterocycles. The number of hydrogen-bond donors (Lipinski definition) is 2. The molecule has 5 aromatic rings. The van der Waals surface area contributed by atoms with Gasteiger partial charge in [0.15, 0.2) is 11.6 Å². The second-order valence-electron chi connectivity index (χ2n) is 8.31. The Balaban J connectivity index is 1.16. The van der Waals surface area contributed by atoms with Crippen LogP contribution >= 0.6 is 11.3 Å². The summed E-state index contributed by atoms with van der Waals surface area (Å²) in [6, 6.07) is 11.7. The summed E-state index contributed by atoms with van der Waals surface area (Å²) >= 11 is 1.41. The van der Waals surface area contributed by atoms with Gasteiger partial charge in [0.1, 0.15) is 17.4 Å². The van der Waals surface area contributed by atoms with Gasteiger partial charge in [-0.3, -0.25) is 9.88 Å². The van der Waals surface area contributed by atoms with Gasteiger partial charge in [-0.15, -0.1) is 11.3 Å². The van der Waals surface area contributed by atoms with Crippen molar-refractivity contribution in [2.24, 2.45) is 0 Å². The van der Waals surface area contributed by atoms with E-state index in [0.29, 0.717) is 22.8 Å². The Morgan fingerprint density at radius 1 is 1.00 bits per heavy atom. The molecule has 9 nitrogen and oxygen atoms in total. The van der Waals surface area contributed by atoms with Crippen LogP contribution in [0.5, 0.6) is 11.5 Å². The van der Waals surface area contributed by atoms with Crippen molar-refractivity contribution < 1.29 is 23.1 Å². The number of anilines is 2. The maximum absolute atomic E-state index is 15.0. The molecule has 190 valence electrons. The predicted octanol–water partition coefficient (Wildman–Crippen LogP) is 6.23. The summed E-state index contributed by atoms with van der Waals surface area (Å²) in [6.07, 6.45) is 4.95. The van der Waals surface area contributed by atoms with E-state index in [9.17, 15) is 18.4 Å². The quantitative estimate of drug-likeness (QED) is 0.279. The van der Waals surface area contributed by atoms with Gasteiger partial charge in [-0.1, -0.05) is 0 Å². The number of aromatic amines is 1. The Labute approximate surface area is 218 Å². The van der Waals surface area contributed by atoms with Crippen LogP contribution in [0.25, 0.3) is 20.9 Å². The predicted molar refractivity (Wildman–Crippen MR) is 139 cm³/mol. The molecule has 1 aliphatic heterocycles. The number of imidazole rings is 1. The van der Waals surface area contributed by atoms with Gasteiger partial charge in [-0.05, 0) is 42.5 Å². The number of pyridine rings is 1. The molecule has 0 aliphatic carbocycles. The monoisotopic (exact) mass is 532 g/mol. The second kappa shape index (κ2) is 9.56. The number of benzene rings is 2. The van der Waals surface area contributed by atoms with Gasteiger partial charge < -0.3 is 15.0 Å². The first-order valence-corrected chi connectivity index (χ1v) is 12.3. The van der Waals surface area contributed by atoms with Crippen molar-refractivity contribution in [1.82, 2.24) is 19.9 Å². The summed E-state index contributed by atoms with van der Waals surface area (Å²) in [6.45, 7) is 0.383. The molecule has 12 heteroatoms. The number of hydrogen-bond acceptors (Lipinski definition) is 6. The van der Waals surface area contributed by atoms with Crippen LogP contribution in [0.4, 0.5) is 29.7 Å². The Morgan fingerprint density at radius 2 is 1.84 bits per heavy atom. The minimum Gasteiger partial charge on any atom is -0.453 e. The third kappa shape index (κ3) is 4.41. The number of halogens is 2. The number of amides is 4. The average molecular weight is 533 g/mol. The van der Waals surface area contributed by atoms with Gasteiger partial charge in [0.2, 0.25) is 0 Å². The molecule has 0 bridgehead atoms. The molecule has 1 fully saturated rings. The molecule has 6 rings (SSSR count). The Bertz CT molecular complexity index is 1660. The maximum Gasteiger partial charge on any atom is 0.332 e. The van der Waals surface area contributed by atoms with Crippen molar-refractivity contribution in [1.29, 1.82) is 0 Å². The fourth-order valence-electron chi connectivity index (χ4n) is 4.07. The van der Waals surface area contributed by atoms with E-state index in [4.69, 9.17) is 4.74 Å². The molecule has 38 heavy (non-hydrogen) atoms. The van der Waals surface area contributed by atoms with Crippen LogP contribution in [0.2, 0.25) is 0 Å². The number of carbonyl (C=O) groups is 2. The van der Waals surface area contributed by atoms with E-state index in [0.717, 1.165) is 20.5 Å². The van der Waals surface area contributed by atoms with Crippen molar-refractivity contribution in [3.05, 3.63) is 84.8 Å². The van der Waals surface area contributed by atoms with Crippen molar-refractivity contribution >= 4 is 45.0 Å². The fourth-order valence-corrected chi connectivity index (χ4v) is 5.09. The molecule has 0 radical (unpaired) electrons. The number of nitrogens with one attached hydrogen (secondary N) is 2. The molecule has 0 saturated carbocycles. The molecular formula is C26H18F2N6O3S. The number of ether oxygens (including phenoxy) is 1. The SMILES string of the molecule is O=C(Nc1ccc(Oc2ccnc3cc(-c4ncc[nH]4)sc23)c(F)c1)N1CCN(c2ccc(F)cc2)C1=O. The molecule has 2 aromatic carbocycles. The lowest BCUT2D eigenvalue weighted by molar-refractivity contribution is 0.209. The Kier molecular flexibility index (Phi) is 5.92. The second-order valence-corrected chi connectivity index (χ2v) is 9.36. The molecule has 0 spiro atoms. The van der Waals surface area contributed by atoms with E-state index in [1.807, 2.05) is 6.07 Å². The summed E-state index contributed by atoms with van der Waals surface area (Å²) in [4.78, 5) is 40.3. The maximum atomic E-state index is 15.0. The van der Waals surface area contributed by atoms with E-state index in [2.05, 4.69) is 20.3 Å². The van der Waals surface area contributed by atoms with Crippen LogP contribution in [-0.2, 0) is 0 Å². The zero-order valence-corrected chi connectivity index (χ0v) is 20.3. The van der Waals surface area contributed by atoms with Crippen LogP contribution in [0, 0.1) is 11.6 Å². The topological polar surface area (TPSA) is 103 Å². The van der Waals surface area contributed by atoms with Crippen LogP contribution in [0.1, 0.15) is 0 Å². The summed E-state index contributed by atoms with van der Waals surface area (Å²) in [5.74, 6) is -0.0363. The summed E-state index contributed by atoms with van der Waals surface area (Å²) in [5.41, 5.74) is 1.32. The summed E-state index contributed by atoms with van der Waals surface area (Å²) < 4.78 is 34.7. The van der Waals surface area contributed by atoms with Crippen molar-refractivity contribution in [2.75, 3.05) is 23.3 Å².